The van der Waals surface area contributed by atoms with Gasteiger partial charge in [0.1, 0.15) is 0 Å². The van der Waals surface area contributed by atoms with Crippen molar-refractivity contribution in [3.8, 4) is 0 Å². The van der Waals surface area contributed by atoms with E-state index < -0.39 is 0 Å². The van der Waals surface area contributed by atoms with Crippen molar-refractivity contribution < 1.29 is 4.79 Å². The SMILES string of the molecule is CCN(CC)CCCNC(=O)c1ccc(C)cc1C. The predicted octanol–water partition coefficient (Wildman–Crippen LogP) is 2.77. The Balaban J connectivity index is 2.39. The van der Waals surface area contributed by atoms with Crippen molar-refractivity contribution in [2.45, 2.75) is 34.1 Å². The molecule has 0 aromatic heterocycles. The lowest BCUT2D eigenvalue weighted by atomic mass is 10.1. The molecule has 0 atom stereocenters. The molecule has 0 saturated heterocycles. The lowest BCUT2D eigenvalue weighted by Crippen LogP contribution is -2.30. The zero-order valence-electron chi connectivity index (χ0n) is 12.6. The molecule has 1 amide bonds. The van der Waals surface area contributed by atoms with Gasteiger partial charge in [0.15, 0.2) is 0 Å². The zero-order valence-corrected chi connectivity index (χ0v) is 12.6. The number of nitrogens with zero attached hydrogens (tertiary/aromatic N) is 1. The number of benzene rings is 1. The Morgan fingerprint density at radius 3 is 2.47 bits per heavy atom. The fourth-order valence-electron chi connectivity index (χ4n) is 2.21. The fourth-order valence-corrected chi connectivity index (χ4v) is 2.21. The van der Waals surface area contributed by atoms with E-state index in [1.54, 1.807) is 0 Å². The third-order valence-electron chi connectivity index (χ3n) is 3.46. The Kier molecular flexibility index (Phi) is 6.57. The number of carbonyl (C=O) groups excluding carboxylic acids is 1. The van der Waals surface area contributed by atoms with Gasteiger partial charge < -0.3 is 10.2 Å². The standard InChI is InChI=1S/C16H26N2O/c1-5-18(6-2)11-7-10-17-16(19)15-9-8-13(3)12-14(15)4/h8-9,12H,5-7,10-11H2,1-4H3,(H,17,19). The van der Waals surface area contributed by atoms with Crippen LogP contribution >= 0.6 is 0 Å². The van der Waals surface area contributed by atoms with Gasteiger partial charge in [-0.15, -0.1) is 0 Å². The number of nitrogens with one attached hydrogen (secondary N) is 1. The van der Waals surface area contributed by atoms with Gasteiger partial charge in [0.05, 0.1) is 0 Å². The minimum Gasteiger partial charge on any atom is -0.352 e. The van der Waals surface area contributed by atoms with E-state index in [0.717, 1.165) is 43.7 Å². The van der Waals surface area contributed by atoms with Crippen LogP contribution in [-0.2, 0) is 0 Å². The van der Waals surface area contributed by atoms with Gasteiger partial charge in [-0.05, 0) is 51.5 Å². The molecule has 3 heteroatoms. The van der Waals surface area contributed by atoms with E-state index in [9.17, 15) is 4.79 Å². The molecule has 3 nitrogen and oxygen atoms in total. The Hall–Kier alpha value is -1.35. The van der Waals surface area contributed by atoms with Crippen LogP contribution in [0.2, 0.25) is 0 Å². The molecule has 1 aromatic rings. The van der Waals surface area contributed by atoms with Crippen LogP contribution in [0, 0.1) is 13.8 Å². The number of amides is 1. The first kappa shape index (κ1) is 15.7. The van der Waals surface area contributed by atoms with E-state index in [1.165, 1.54) is 5.56 Å². The number of carbonyl (C=O) groups is 1. The van der Waals surface area contributed by atoms with Crippen LogP contribution in [0.1, 0.15) is 41.8 Å². The maximum Gasteiger partial charge on any atom is 0.251 e. The number of rotatable bonds is 7. The summed E-state index contributed by atoms with van der Waals surface area (Å²) in [5, 5.41) is 3.00. The summed E-state index contributed by atoms with van der Waals surface area (Å²) in [5.41, 5.74) is 3.02. The van der Waals surface area contributed by atoms with Crippen LogP contribution in [0.3, 0.4) is 0 Å². The van der Waals surface area contributed by atoms with Crippen LogP contribution in [0.25, 0.3) is 0 Å². The number of hydrogen-bond donors (Lipinski definition) is 1. The first-order valence-electron chi connectivity index (χ1n) is 7.16. The molecule has 0 spiro atoms. The summed E-state index contributed by atoms with van der Waals surface area (Å²) in [6.45, 7) is 12.3. The first-order chi connectivity index (χ1) is 9.08. The Bertz CT molecular complexity index is 411. The van der Waals surface area contributed by atoms with E-state index in [-0.39, 0.29) is 5.91 Å². The van der Waals surface area contributed by atoms with Gasteiger partial charge in [-0.1, -0.05) is 31.5 Å². The van der Waals surface area contributed by atoms with Gasteiger partial charge in [-0.25, -0.2) is 0 Å². The molecule has 0 aliphatic heterocycles. The average molecular weight is 262 g/mol. The Labute approximate surface area is 117 Å². The maximum atomic E-state index is 12.0. The van der Waals surface area contributed by atoms with Crippen molar-refractivity contribution >= 4 is 5.91 Å². The summed E-state index contributed by atoms with van der Waals surface area (Å²) < 4.78 is 0. The summed E-state index contributed by atoms with van der Waals surface area (Å²) in [6, 6.07) is 5.94. The molecule has 0 heterocycles. The van der Waals surface area contributed by atoms with Gasteiger partial charge >= 0.3 is 0 Å². The van der Waals surface area contributed by atoms with Gasteiger partial charge in [-0.3, -0.25) is 4.79 Å². The second-order valence-corrected chi connectivity index (χ2v) is 4.95. The molecule has 0 bridgehead atoms. The molecule has 106 valence electrons. The van der Waals surface area contributed by atoms with E-state index in [4.69, 9.17) is 0 Å². The van der Waals surface area contributed by atoms with E-state index in [2.05, 4.69) is 24.1 Å². The van der Waals surface area contributed by atoms with Gasteiger partial charge in [0, 0.05) is 12.1 Å². The van der Waals surface area contributed by atoms with Crippen LogP contribution in [0.15, 0.2) is 18.2 Å². The summed E-state index contributed by atoms with van der Waals surface area (Å²) >= 11 is 0. The highest BCUT2D eigenvalue weighted by Crippen LogP contribution is 2.10. The Morgan fingerprint density at radius 2 is 1.89 bits per heavy atom. The monoisotopic (exact) mass is 262 g/mol. The zero-order chi connectivity index (χ0) is 14.3. The van der Waals surface area contributed by atoms with Crippen molar-refractivity contribution in [2.75, 3.05) is 26.2 Å². The van der Waals surface area contributed by atoms with Crippen molar-refractivity contribution in [1.29, 1.82) is 0 Å². The van der Waals surface area contributed by atoms with Crippen LogP contribution in [0.5, 0.6) is 0 Å². The molecular formula is C16H26N2O. The molecule has 0 aliphatic carbocycles. The van der Waals surface area contributed by atoms with Crippen molar-refractivity contribution in [3.63, 3.8) is 0 Å². The molecule has 1 rings (SSSR count). The molecule has 0 fully saturated rings. The van der Waals surface area contributed by atoms with E-state index >= 15 is 0 Å². The highest BCUT2D eigenvalue weighted by molar-refractivity contribution is 5.95. The van der Waals surface area contributed by atoms with Crippen molar-refractivity contribution in [2.24, 2.45) is 0 Å². The Morgan fingerprint density at radius 1 is 1.21 bits per heavy atom. The largest absolute Gasteiger partial charge is 0.352 e. The molecule has 0 radical (unpaired) electrons. The lowest BCUT2D eigenvalue weighted by Gasteiger charge is -2.17. The van der Waals surface area contributed by atoms with Crippen LogP contribution in [0.4, 0.5) is 0 Å². The molecular weight excluding hydrogens is 236 g/mol. The summed E-state index contributed by atoms with van der Waals surface area (Å²) in [4.78, 5) is 14.4. The third-order valence-corrected chi connectivity index (χ3v) is 3.46. The molecule has 0 aliphatic rings. The highest BCUT2D eigenvalue weighted by Gasteiger charge is 2.08. The quantitative estimate of drug-likeness (QED) is 0.766. The second kappa shape index (κ2) is 7.95. The first-order valence-corrected chi connectivity index (χ1v) is 7.16. The minimum absolute atomic E-state index is 0.0389. The number of aryl methyl sites for hydroxylation is 2. The molecule has 0 unspecified atom stereocenters. The van der Waals surface area contributed by atoms with Crippen LogP contribution < -0.4 is 5.32 Å². The summed E-state index contributed by atoms with van der Waals surface area (Å²) in [5.74, 6) is 0.0389. The fraction of sp³-hybridized carbons (Fsp3) is 0.562. The molecule has 0 saturated carbocycles. The van der Waals surface area contributed by atoms with Crippen molar-refractivity contribution in [3.05, 3.63) is 34.9 Å². The highest BCUT2D eigenvalue weighted by atomic mass is 16.1. The van der Waals surface area contributed by atoms with Crippen LogP contribution in [-0.4, -0.2) is 37.0 Å². The van der Waals surface area contributed by atoms with Gasteiger partial charge in [-0.2, -0.15) is 0 Å². The lowest BCUT2D eigenvalue weighted by molar-refractivity contribution is 0.0951. The van der Waals surface area contributed by atoms with Crippen molar-refractivity contribution in [1.82, 2.24) is 10.2 Å². The second-order valence-electron chi connectivity index (χ2n) is 4.95. The maximum absolute atomic E-state index is 12.0. The van der Waals surface area contributed by atoms with E-state index in [1.807, 2.05) is 32.0 Å². The molecule has 19 heavy (non-hydrogen) atoms. The van der Waals surface area contributed by atoms with Gasteiger partial charge in [0.2, 0.25) is 0 Å². The molecule has 1 N–H and O–H groups in total. The van der Waals surface area contributed by atoms with Gasteiger partial charge in [0.25, 0.3) is 5.91 Å². The summed E-state index contributed by atoms with van der Waals surface area (Å²) in [6.07, 6.45) is 0.998. The normalized spacial score (nSPS) is 10.8. The average Bonchev–Trinajstić information content (AvgIpc) is 2.38. The van der Waals surface area contributed by atoms with E-state index in [0.29, 0.717) is 0 Å². The number of hydrogen-bond acceptors (Lipinski definition) is 2. The third kappa shape index (κ3) is 5.03. The molecule has 1 aromatic carbocycles. The summed E-state index contributed by atoms with van der Waals surface area (Å²) in [7, 11) is 0. The topological polar surface area (TPSA) is 32.3 Å². The predicted molar refractivity (Wildman–Crippen MR) is 80.7 cm³/mol. The minimum atomic E-state index is 0.0389. The smallest absolute Gasteiger partial charge is 0.251 e.